The number of hydrogen-bond acceptors (Lipinski definition) is 1. The average molecular weight is 266 g/mol. The smallest absolute Gasteiger partial charge is 0.133 e. The summed E-state index contributed by atoms with van der Waals surface area (Å²) in [6.45, 7) is 0.660. The molecule has 0 saturated carbocycles. The van der Waals surface area contributed by atoms with Gasteiger partial charge in [-0.2, -0.15) is 0 Å². The van der Waals surface area contributed by atoms with Crippen LogP contribution in [0.4, 0.5) is 10.1 Å². The van der Waals surface area contributed by atoms with Gasteiger partial charge in [0.25, 0.3) is 0 Å². The van der Waals surface area contributed by atoms with Crippen molar-refractivity contribution in [2.75, 3.05) is 4.90 Å². The molecule has 2 aliphatic rings. The van der Waals surface area contributed by atoms with Crippen LogP contribution in [0.25, 0.3) is 0 Å². The first-order valence-electron chi connectivity index (χ1n) is 6.99. The fourth-order valence-corrected chi connectivity index (χ4v) is 3.25. The van der Waals surface area contributed by atoms with Gasteiger partial charge in [-0.25, -0.2) is 4.39 Å². The van der Waals surface area contributed by atoms with E-state index in [-0.39, 0.29) is 5.82 Å². The minimum atomic E-state index is -0.274. The van der Waals surface area contributed by atoms with Crippen molar-refractivity contribution in [1.29, 1.82) is 5.41 Å². The van der Waals surface area contributed by atoms with Gasteiger partial charge in [0.15, 0.2) is 0 Å². The molecule has 2 aromatic carbocycles. The average Bonchev–Trinajstić information content (AvgIpc) is 3.03. The Balaban J connectivity index is 1.73. The Kier molecular flexibility index (Phi) is 2.43. The molecule has 100 valence electrons. The maximum atomic E-state index is 13.3. The van der Waals surface area contributed by atoms with Crippen molar-refractivity contribution < 1.29 is 4.39 Å². The van der Waals surface area contributed by atoms with E-state index in [0.717, 1.165) is 17.7 Å². The van der Waals surface area contributed by atoms with Crippen molar-refractivity contribution in [3.63, 3.8) is 0 Å². The number of hydrogen-bond donors (Lipinski definition) is 1. The molecule has 1 heterocycles. The standard InChI is InChI=1S/C17H15FN2/c18-14-6-4-13-10-20(17(19)16(13)9-14)15-7-5-11-2-1-3-12(11)8-15/h4-9,19H,1-3,10H2. The molecule has 0 aromatic heterocycles. The highest BCUT2D eigenvalue weighted by Crippen LogP contribution is 2.32. The molecule has 0 unspecified atom stereocenters. The van der Waals surface area contributed by atoms with Crippen LogP contribution in [0.3, 0.4) is 0 Å². The van der Waals surface area contributed by atoms with Crippen LogP contribution < -0.4 is 4.90 Å². The van der Waals surface area contributed by atoms with E-state index < -0.39 is 0 Å². The number of aryl methyl sites for hydroxylation is 2. The molecule has 0 amide bonds. The Labute approximate surface area is 117 Å². The van der Waals surface area contributed by atoms with Gasteiger partial charge < -0.3 is 4.90 Å². The fraction of sp³-hybridized carbons (Fsp3) is 0.235. The Morgan fingerprint density at radius 2 is 1.75 bits per heavy atom. The van der Waals surface area contributed by atoms with Crippen molar-refractivity contribution in [3.8, 4) is 0 Å². The molecular weight excluding hydrogens is 251 g/mol. The van der Waals surface area contributed by atoms with Crippen molar-refractivity contribution in [1.82, 2.24) is 0 Å². The summed E-state index contributed by atoms with van der Waals surface area (Å²) in [5.41, 5.74) is 5.62. The van der Waals surface area contributed by atoms with Crippen LogP contribution in [0.5, 0.6) is 0 Å². The number of fused-ring (bicyclic) bond motifs is 2. The van der Waals surface area contributed by atoms with Crippen molar-refractivity contribution in [2.24, 2.45) is 0 Å². The third-order valence-electron chi connectivity index (χ3n) is 4.32. The van der Waals surface area contributed by atoms with Gasteiger partial charge >= 0.3 is 0 Å². The molecule has 1 aliphatic heterocycles. The lowest BCUT2D eigenvalue weighted by Crippen LogP contribution is -2.23. The summed E-state index contributed by atoms with van der Waals surface area (Å²) in [5.74, 6) is 0.127. The molecule has 2 aromatic rings. The van der Waals surface area contributed by atoms with Gasteiger partial charge in [0.1, 0.15) is 11.7 Å². The summed E-state index contributed by atoms with van der Waals surface area (Å²) >= 11 is 0. The molecule has 0 saturated heterocycles. The van der Waals surface area contributed by atoms with E-state index in [9.17, 15) is 4.39 Å². The van der Waals surface area contributed by atoms with Gasteiger partial charge in [0, 0.05) is 11.3 Å². The number of nitrogens with zero attached hydrogens (tertiary/aromatic N) is 1. The fourth-order valence-electron chi connectivity index (χ4n) is 3.25. The van der Waals surface area contributed by atoms with Crippen LogP contribution in [0, 0.1) is 11.2 Å². The molecule has 0 radical (unpaired) electrons. The quantitative estimate of drug-likeness (QED) is 0.838. The number of benzene rings is 2. The molecule has 1 aliphatic carbocycles. The lowest BCUT2D eigenvalue weighted by atomic mass is 10.1. The highest BCUT2D eigenvalue weighted by atomic mass is 19.1. The molecule has 0 fully saturated rings. The zero-order chi connectivity index (χ0) is 13.7. The number of rotatable bonds is 1. The minimum absolute atomic E-state index is 0.274. The van der Waals surface area contributed by atoms with Gasteiger partial charge in [-0.3, -0.25) is 5.41 Å². The van der Waals surface area contributed by atoms with Crippen LogP contribution in [0.1, 0.15) is 28.7 Å². The van der Waals surface area contributed by atoms with E-state index in [4.69, 9.17) is 5.41 Å². The van der Waals surface area contributed by atoms with E-state index in [0.29, 0.717) is 17.9 Å². The second kappa shape index (κ2) is 4.17. The molecule has 4 rings (SSSR count). The van der Waals surface area contributed by atoms with E-state index in [1.54, 1.807) is 6.07 Å². The molecule has 2 nitrogen and oxygen atoms in total. The zero-order valence-electron chi connectivity index (χ0n) is 11.1. The maximum absolute atomic E-state index is 13.3. The lowest BCUT2D eigenvalue weighted by molar-refractivity contribution is 0.627. The molecule has 1 N–H and O–H groups in total. The van der Waals surface area contributed by atoms with Crippen LogP contribution in [-0.4, -0.2) is 5.84 Å². The Morgan fingerprint density at radius 1 is 0.950 bits per heavy atom. The first-order chi connectivity index (χ1) is 9.72. The summed E-state index contributed by atoms with van der Waals surface area (Å²) in [4.78, 5) is 1.96. The van der Waals surface area contributed by atoms with E-state index in [2.05, 4.69) is 18.2 Å². The SMILES string of the molecule is N=C1c2cc(F)ccc2CN1c1ccc2c(c1)CCC2. The van der Waals surface area contributed by atoms with Crippen LogP contribution >= 0.6 is 0 Å². The second-order valence-corrected chi connectivity index (χ2v) is 5.54. The molecule has 0 atom stereocenters. The number of nitrogens with one attached hydrogen (secondary N) is 1. The predicted molar refractivity (Wildman–Crippen MR) is 77.9 cm³/mol. The summed E-state index contributed by atoms with van der Waals surface area (Å²) in [6, 6.07) is 11.2. The third-order valence-corrected chi connectivity index (χ3v) is 4.32. The van der Waals surface area contributed by atoms with Crippen molar-refractivity contribution >= 4 is 11.5 Å². The zero-order valence-corrected chi connectivity index (χ0v) is 11.1. The van der Waals surface area contributed by atoms with Gasteiger partial charge in [0.05, 0.1) is 6.54 Å². The monoisotopic (exact) mass is 266 g/mol. The Hall–Kier alpha value is -2.16. The Bertz CT molecular complexity index is 721. The summed E-state index contributed by atoms with van der Waals surface area (Å²) in [5, 5.41) is 8.28. The summed E-state index contributed by atoms with van der Waals surface area (Å²) < 4.78 is 13.3. The van der Waals surface area contributed by atoms with Gasteiger partial charge in [-0.05, 0) is 60.2 Å². The highest BCUT2D eigenvalue weighted by Gasteiger charge is 2.26. The molecule has 0 spiro atoms. The highest BCUT2D eigenvalue weighted by molar-refractivity contribution is 6.11. The lowest BCUT2D eigenvalue weighted by Gasteiger charge is -2.19. The minimum Gasteiger partial charge on any atom is -0.322 e. The van der Waals surface area contributed by atoms with Gasteiger partial charge in [-0.15, -0.1) is 0 Å². The predicted octanol–water partition coefficient (Wildman–Crippen LogP) is 3.66. The topological polar surface area (TPSA) is 27.1 Å². The third kappa shape index (κ3) is 1.66. The van der Waals surface area contributed by atoms with Crippen LogP contribution in [0.2, 0.25) is 0 Å². The largest absolute Gasteiger partial charge is 0.322 e. The number of halogens is 1. The number of amidine groups is 1. The maximum Gasteiger partial charge on any atom is 0.133 e. The van der Waals surface area contributed by atoms with Crippen molar-refractivity contribution in [3.05, 3.63) is 64.5 Å². The summed E-state index contributed by atoms with van der Waals surface area (Å²) in [7, 11) is 0. The summed E-state index contributed by atoms with van der Waals surface area (Å²) in [6.07, 6.45) is 3.52. The number of anilines is 1. The van der Waals surface area contributed by atoms with Crippen LogP contribution in [0.15, 0.2) is 36.4 Å². The Morgan fingerprint density at radius 3 is 2.65 bits per heavy atom. The first-order valence-corrected chi connectivity index (χ1v) is 6.99. The molecule has 3 heteroatoms. The molecule has 20 heavy (non-hydrogen) atoms. The van der Waals surface area contributed by atoms with E-state index in [1.807, 2.05) is 4.90 Å². The normalized spacial score (nSPS) is 16.4. The molecule has 0 bridgehead atoms. The second-order valence-electron chi connectivity index (χ2n) is 5.54. The van der Waals surface area contributed by atoms with E-state index in [1.165, 1.54) is 36.1 Å². The van der Waals surface area contributed by atoms with Crippen LogP contribution in [-0.2, 0) is 19.4 Å². The van der Waals surface area contributed by atoms with Gasteiger partial charge in [-0.1, -0.05) is 12.1 Å². The molecular formula is C17H15FN2. The van der Waals surface area contributed by atoms with Gasteiger partial charge in [0.2, 0.25) is 0 Å². The van der Waals surface area contributed by atoms with E-state index >= 15 is 0 Å². The first kappa shape index (κ1) is 11.6. The van der Waals surface area contributed by atoms with Crippen molar-refractivity contribution in [2.45, 2.75) is 25.8 Å².